The third kappa shape index (κ3) is 2.93. The van der Waals surface area contributed by atoms with Gasteiger partial charge in [-0.15, -0.1) is 0 Å². The molecule has 0 radical (unpaired) electrons. The number of aryl methyl sites for hydroxylation is 1. The Labute approximate surface area is 108 Å². The van der Waals surface area contributed by atoms with Crippen molar-refractivity contribution < 1.29 is 4.74 Å². The minimum Gasteiger partial charge on any atom is -0.381 e. The number of ether oxygens (including phenoxy) is 1. The first-order valence-corrected chi connectivity index (χ1v) is 6.59. The Morgan fingerprint density at radius 1 is 1.56 bits per heavy atom. The minimum atomic E-state index is -0.0173. The fraction of sp³-hybridized carbons (Fsp3) is 0.643. The molecule has 1 aliphatic rings. The van der Waals surface area contributed by atoms with Gasteiger partial charge in [0.1, 0.15) is 0 Å². The SMILES string of the molecule is CCC1(C)CC(Nc2ccc(=O)n(C)c2)CCO1. The lowest BCUT2D eigenvalue weighted by molar-refractivity contribution is -0.0708. The van der Waals surface area contributed by atoms with E-state index in [9.17, 15) is 4.79 Å². The van der Waals surface area contributed by atoms with Crippen LogP contribution >= 0.6 is 0 Å². The summed E-state index contributed by atoms with van der Waals surface area (Å²) in [7, 11) is 1.77. The Kier molecular flexibility index (Phi) is 3.76. The summed E-state index contributed by atoms with van der Waals surface area (Å²) in [5, 5.41) is 3.50. The monoisotopic (exact) mass is 250 g/mol. The fourth-order valence-electron chi connectivity index (χ4n) is 2.41. The summed E-state index contributed by atoms with van der Waals surface area (Å²) in [4.78, 5) is 11.3. The third-order valence-electron chi connectivity index (χ3n) is 3.80. The number of hydrogen-bond acceptors (Lipinski definition) is 3. The van der Waals surface area contributed by atoms with E-state index in [0.29, 0.717) is 6.04 Å². The Balaban J connectivity index is 2.05. The molecule has 2 rings (SSSR count). The summed E-state index contributed by atoms with van der Waals surface area (Å²) in [5.74, 6) is 0. The molecule has 0 aliphatic carbocycles. The van der Waals surface area contributed by atoms with Crippen LogP contribution in [0.4, 0.5) is 5.69 Å². The Hall–Kier alpha value is -1.29. The van der Waals surface area contributed by atoms with Gasteiger partial charge in [0.05, 0.1) is 11.3 Å². The number of pyridine rings is 1. The number of rotatable bonds is 3. The van der Waals surface area contributed by atoms with Crippen molar-refractivity contribution >= 4 is 5.69 Å². The van der Waals surface area contributed by atoms with Crippen molar-refractivity contribution in [2.24, 2.45) is 7.05 Å². The van der Waals surface area contributed by atoms with Crippen molar-refractivity contribution in [1.29, 1.82) is 0 Å². The van der Waals surface area contributed by atoms with Crippen molar-refractivity contribution in [2.75, 3.05) is 11.9 Å². The summed E-state index contributed by atoms with van der Waals surface area (Å²) >= 11 is 0. The van der Waals surface area contributed by atoms with Gasteiger partial charge in [-0.25, -0.2) is 0 Å². The second kappa shape index (κ2) is 5.14. The number of aromatic nitrogens is 1. The Morgan fingerprint density at radius 2 is 2.33 bits per heavy atom. The average Bonchev–Trinajstić information content (AvgIpc) is 2.34. The second-order valence-corrected chi connectivity index (χ2v) is 5.35. The summed E-state index contributed by atoms with van der Waals surface area (Å²) in [6.07, 6.45) is 4.89. The van der Waals surface area contributed by atoms with E-state index in [2.05, 4.69) is 19.2 Å². The molecule has 1 saturated heterocycles. The van der Waals surface area contributed by atoms with Gasteiger partial charge in [-0.2, -0.15) is 0 Å². The second-order valence-electron chi connectivity index (χ2n) is 5.35. The van der Waals surface area contributed by atoms with Gasteiger partial charge in [0.15, 0.2) is 0 Å². The predicted molar refractivity (Wildman–Crippen MR) is 73.0 cm³/mol. The topological polar surface area (TPSA) is 43.3 Å². The number of hydrogen-bond donors (Lipinski definition) is 1. The average molecular weight is 250 g/mol. The quantitative estimate of drug-likeness (QED) is 0.894. The molecule has 1 aromatic heterocycles. The lowest BCUT2D eigenvalue weighted by Gasteiger charge is -2.38. The molecule has 4 heteroatoms. The number of anilines is 1. The van der Waals surface area contributed by atoms with Crippen molar-refractivity contribution in [2.45, 2.75) is 44.8 Å². The predicted octanol–water partition coefficient (Wildman–Crippen LogP) is 2.14. The molecule has 1 N–H and O–H groups in total. The van der Waals surface area contributed by atoms with Crippen molar-refractivity contribution in [3.8, 4) is 0 Å². The van der Waals surface area contributed by atoms with Crippen LogP contribution in [0.15, 0.2) is 23.1 Å². The molecule has 4 nitrogen and oxygen atoms in total. The molecular weight excluding hydrogens is 228 g/mol. The van der Waals surface area contributed by atoms with E-state index in [1.54, 1.807) is 17.7 Å². The van der Waals surface area contributed by atoms with Crippen LogP contribution in [0.3, 0.4) is 0 Å². The number of nitrogens with zero attached hydrogens (tertiary/aromatic N) is 1. The Bertz CT molecular complexity index is 469. The highest BCUT2D eigenvalue weighted by molar-refractivity contribution is 5.41. The maximum Gasteiger partial charge on any atom is 0.250 e. The zero-order valence-electron chi connectivity index (χ0n) is 11.4. The molecule has 18 heavy (non-hydrogen) atoms. The van der Waals surface area contributed by atoms with Gasteiger partial charge >= 0.3 is 0 Å². The molecular formula is C14H22N2O2. The lowest BCUT2D eigenvalue weighted by Crippen LogP contribution is -2.42. The van der Waals surface area contributed by atoms with Crippen molar-refractivity contribution in [3.63, 3.8) is 0 Å². The molecule has 2 unspecified atom stereocenters. The minimum absolute atomic E-state index is 0.0173. The van der Waals surface area contributed by atoms with E-state index in [1.807, 2.05) is 12.3 Å². The zero-order valence-corrected chi connectivity index (χ0v) is 11.4. The van der Waals surface area contributed by atoms with Crippen LogP contribution < -0.4 is 10.9 Å². The van der Waals surface area contributed by atoms with Gasteiger partial charge in [-0.05, 0) is 32.3 Å². The van der Waals surface area contributed by atoms with Crippen molar-refractivity contribution in [1.82, 2.24) is 4.57 Å². The molecule has 0 aromatic carbocycles. The van der Waals surface area contributed by atoms with E-state index in [-0.39, 0.29) is 11.2 Å². The molecule has 0 spiro atoms. The van der Waals surface area contributed by atoms with Crippen molar-refractivity contribution in [3.05, 3.63) is 28.7 Å². The van der Waals surface area contributed by atoms with Gasteiger partial charge in [0, 0.05) is 32.0 Å². The molecule has 1 fully saturated rings. The molecule has 0 saturated carbocycles. The van der Waals surface area contributed by atoms with E-state index >= 15 is 0 Å². The first kappa shape index (κ1) is 13.1. The third-order valence-corrected chi connectivity index (χ3v) is 3.80. The highest BCUT2D eigenvalue weighted by Crippen LogP contribution is 2.29. The summed E-state index contributed by atoms with van der Waals surface area (Å²) in [6.45, 7) is 5.13. The van der Waals surface area contributed by atoms with E-state index < -0.39 is 0 Å². The van der Waals surface area contributed by atoms with Crippen LogP contribution in [0.5, 0.6) is 0 Å². The van der Waals surface area contributed by atoms with Gasteiger partial charge in [-0.1, -0.05) is 6.92 Å². The standard InChI is InChI=1S/C14H22N2O2/c1-4-14(2)9-11(7-8-18-14)15-12-5-6-13(17)16(3)10-12/h5-6,10-11,15H,4,7-9H2,1-3H3. The molecule has 2 heterocycles. The summed E-state index contributed by atoms with van der Waals surface area (Å²) < 4.78 is 7.43. The highest BCUT2D eigenvalue weighted by atomic mass is 16.5. The lowest BCUT2D eigenvalue weighted by atomic mass is 9.90. The van der Waals surface area contributed by atoms with E-state index in [1.165, 1.54) is 0 Å². The van der Waals surface area contributed by atoms with E-state index in [4.69, 9.17) is 4.74 Å². The maximum atomic E-state index is 11.3. The van der Waals surface area contributed by atoms with E-state index in [0.717, 1.165) is 31.6 Å². The van der Waals surface area contributed by atoms with Crippen LogP contribution in [0.25, 0.3) is 0 Å². The summed E-state index contributed by atoms with van der Waals surface area (Å²) in [5.41, 5.74) is 1.00. The highest BCUT2D eigenvalue weighted by Gasteiger charge is 2.31. The first-order chi connectivity index (χ1) is 8.52. The van der Waals surface area contributed by atoms with Crippen LogP contribution in [0.1, 0.15) is 33.1 Å². The van der Waals surface area contributed by atoms with Gasteiger partial charge < -0.3 is 14.6 Å². The van der Waals surface area contributed by atoms with Crippen LogP contribution in [-0.4, -0.2) is 22.8 Å². The number of nitrogens with one attached hydrogen (secondary N) is 1. The fourth-order valence-corrected chi connectivity index (χ4v) is 2.41. The Morgan fingerprint density at radius 3 is 3.00 bits per heavy atom. The van der Waals surface area contributed by atoms with Crippen LogP contribution in [0.2, 0.25) is 0 Å². The van der Waals surface area contributed by atoms with Gasteiger partial charge in [0.2, 0.25) is 5.56 Å². The zero-order chi connectivity index (χ0) is 13.2. The largest absolute Gasteiger partial charge is 0.381 e. The molecule has 100 valence electrons. The van der Waals surface area contributed by atoms with Crippen LogP contribution in [-0.2, 0) is 11.8 Å². The normalized spacial score (nSPS) is 28.1. The smallest absolute Gasteiger partial charge is 0.250 e. The molecule has 1 aromatic rings. The van der Waals surface area contributed by atoms with Crippen LogP contribution in [0, 0.1) is 0 Å². The molecule has 2 atom stereocenters. The first-order valence-electron chi connectivity index (χ1n) is 6.59. The molecule has 0 amide bonds. The van der Waals surface area contributed by atoms with Gasteiger partial charge in [0.25, 0.3) is 0 Å². The van der Waals surface area contributed by atoms with Gasteiger partial charge in [-0.3, -0.25) is 4.79 Å². The molecule has 1 aliphatic heterocycles. The summed E-state index contributed by atoms with van der Waals surface area (Å²) in [6, 6.07) is 3.86. The maximum absolute atomic E-state index is 11.3. The molecule has 0 bridgehead atoms.